The van der Waals surface area contributed by atoms with Crippen LogP contribution in [0.25, 0.3) is 0 Å². The van der Waals surface area contributed by atoms with E-state index in [1.807, 2.05) is 30.3 Å². The summed E-state index contributed by atoms with van der Waals surface area (Å²) in [5.41, 5.74) is -2.21. The third-order valence-corrected chi connectivity index (χ3v) is 3.27. The molecule has 2 nitrogen and oxygen atoms in total. The maximum Gasteiger partial charge on any atom is 0.422 e. The lowest BCUT2D eigenvalue weighted by Gasteiger charge is -2.31. The van der Waals surface area contributed by atoms with Crippen molar-refractivity contribution in [2.75, 3.05) is 6.54 Å². The van der Waals surface area contributed by atoms with Crippen LogP contribution in [0.5, 0.6) is 0 Å². The highest BCUT2D eigenvalue weighted by molar-refractivity contribution is 5.85. The monoisotopic (exact) mass is 331 g/mol. The molecule has 0 heterocycles. The third kappa shape index (κ3) is 4.22. The Balaban J connectivity index is 0.00000242. The molecule has 0 radical (unpaired) electrons. The molecule has 0 spiro atoms. The summed E-state index contributed by atoms with van der Waals surface area (Å²) in [5, 5.41) is 12.8. The Hall–Kier alpha value is -1.56. The number of hydrogen-bond donors (Lipinski definition) is 2. The molecule has 22 heavy (non-hydrogen) atoms. The Bertz CT molecular complexity index is 563. The molecule has 1 atom stereocenters. The van der Waals surface area contributed by atoms with Crippen LogP contribution in [0.4, 0.5) is 13.2 Å². The topological polar surface area (TPSA) is 32.3 Å². The van der Waals surface area contributed by atoms with E-state index in [0.29, 0.717) is 0 Å². The molecule has 2 rings (SSSR count). The highest BCUT2D eigenvalue weighted by Crippen LogP contribution is 2.38. The van der Waals surface area contributed by atoms with E-state index >= 15 is 0 Å². The van der Waals surface area contributed by atoms with Crippen LogP contribution in [0.1, 0.15) is 11.1 Å². The number of alkyl halides is 3. The second kappa shape index (κ2) is 7.63. The van der Waals surface area contributed by atoms with Gasteiger partial charge < -0.3 is 10.4 Å². The van der Waals surface area contributed by atoms with E-state index in [4.69, 9.17) is 0 Å². The summed E-state index contributed by atoms with van der Waals surface area (Å²) in [6.07, 6.45) is -4.75. The van der Waals surface area contributed by atoms with E-state index in [1.54, 1.807) is 6.07 Å². The SMILES string of the molecule is Cl.O[C@](CNCc1ccccc1)(c1ccccc1)C(F)(F)F. The van der Waals surface area contributed by atoms with Crippen LogP contribution in [0, 0.1) is 0 Å². The Morgan fingerprint density at radius 2 is 1.36 bits per heavy atom. The van der Waals surface area contributed by atoms with Gasteiger partial charge >= 0.3 is 6.18 Å². The summed E-state index contributed by atoms with van der Waals surface area (Å²) in [6, 6.07) is 16.2. The van der Waals surface area contributed by atoms with E-state index in [1.165, 1.54) is 24.3 Å². The van der Waals surface area contributed by atoms with Crippen LogP contribution in [0.3, 0.4) is 0 Å². The predicted molar refractivity (Wildman–Crippen MR) is 81.8 cm³/mol. The van der Waals surface area contributed by atoms with E-state index in [2.05, 4.69) is 5.32 Å². The standard InChI is InChI=1S/C16H16F3NO.ClH/c17-16(18,19)15(21,14-9-5-2-6-10-14)12-20-11-13-7-3-1-4-8-13;/h1-10,20-21H,11-12H2;1H/t15-;/m1./s1. The molecule has 0 saturated carbocycles. The quantitative estimate of drug-likeness (QED) is 0.876. The number of aliphatic hydroxyl groups is 1. The van der Waals surface area contributed by atoms with Crippen molar-refractivity contribution < 1.29 is 18.3 Å². The van der Waals surface area contributed by atoms with Gasteiger partial charge in [-0.2, -0.15) is 13.2 Å². The molecule has 2 N–H and O–H groups in total. The average molecular weight is 332 g/mol. The molecule has 6 heteroatoms. The minimum absolute atomic E-state index is 0. The summed E-state index contributed by atoms with van der Waals surface area (Å²) >= 11 is 0. The zero-order chi connectivity index (χ0) is 15.3. The molecule has 2 aromatic carbocycles. The first-order valence-corrected chi connectivity index (χ1v) is 6.53. The predicted octanol–water partition coefficient (Wildman–Crippen LogP) is 3.65. The first-order chi connectivity index (χ1) is 9.93. The lowest BCUT2D eigenvalue weighted by atomic mass is 9.93. The van der Waals surface area contributed by atoms with E-state index < -0.39 is 18.3 Å². The van der Waals surface area contributed by atoms with Crippen molar-refractivity contribution >= 4 is 12.4 Å². The fourth-order valence-corrected chi connectivity index (χ4v) is 2.06. The highest BCUT2D eigenvalue weighted by Gasteiger charge is 2.54. The van der Waals surface area contributed by atoms with Gasteiger partial charge in [0, 0.05) is 13.1 Å². The molecule has 0 amide bonds. The number of benzene rings is 2. The molecule has 0 saturated heterocycles. The largest absolute Gasteiger partial charge is 0.422 e. The van der Waals surface area contributed by atoms with E-state index in [0.717, 1.165) is 5.56 Å². The molecule has 0 aliphatic heterocycles. The highest BCUT2D eigenvalue weighted by atomic mass is 35.5. The van der Waals surface area contributed by atoms with Crippen molar-refractivity contribution in [3.05, 3.63) is 71.8 Å². The van der Waals surface area contributed by atoms with Crippen LogP contribution in [0.2, 0.25) is 0 Å². The third-order valence-electron chi connectivity index (χ3n) is 3.27. The summed E-state index contributed by atoms with van der Waals surface area (Å²) < 4.78 is 39.7. The van der Waals surface area contributed by atoms with Gasteiger partial charge in [0.05, 0.1) is 0 Å². The Kier molecular flexibility index (Phi) is 6.41. The molecule has 0 unspecified atom stereocenters. The number of hydrogen-bond acceptors (Lipinski definition) is 2. The summed E-state index contributed by atoms with van der Waals surface area (Å²) in [4.78, 5) is 0. The molecule has 0 bridgehead atoms. The zero-order valence-electron chi connectivity index (χ0n) is 11.7. The van der Waals surface area contributed by atoms with Gasteiger partial charge in [-0.15, -0.1) is 12.4 Å². The fraction of sp³-hybridized carbons (Fsp3) is 0.250. The first-order valence-electron chi connectivity index (χ1n) is 6.53. The van der Waals surface area contributed by atoms with Crippen LogP contribution < -0.4 is 5.32 Å². The van der Waals surface area contributed by atoms with Crippen molar-refractivity contribution in [3.8, 4) is 0 Å². The molecule has 0 fully saturated rings. The second-order valence-electron chi connectivity index (χ2n) is 4.81. The van der Waals surface area contributed by atoms with Crippen LogP contribution >= 0.6 is 12.4 Å². The van der Waals surface area contributed by atoms with Gasteiger partial charge in [0.15, 0.2) is 5.60 Å². The molecule has 0 aliphatic carbocycles. The van der Waals surface area contributed by atoms with Crippen molar-refractivity contribution in [1.82, 2.24) is 5.32 Å². The normalized spacial score (nSPS) is 14.0. The first kappa shape index (κ1) is 18.5. The summed E-state index contributed by atoms with van der Waals surface area (Å²) in [7, 11) is 0. The van der Waals surface area contributed by atoms with Gasteiger partial charge in [-0.1, -0.05) is 60.7 Å². The van der Waals surface area contributed by atoms with Crippen molar-refractivity contribution in [3.63, 3.8) is 0 Å². The number of halogens is 4. The number of rotatable bonds is 5. The minimum atomic E-state index is -4.75. The lowest BCUT2D eigenvalue weighted by Crippen LogP contribution is -2.49. The van der Waals surface area contributed by atoms with Crippen molar-refractivity contribution in [2.24, 2.45) is 0 Å². The Morgan fingerprint density at radius 1 is 0.864 bits per heavy atom. The fourth-order valence-electron chi connectivity index (χ4n) is 2.06. The summed E-state index contributed by atoms with van der Waals surface area (Å²) in [5.74, 6) is 0. The molecule has 0 aliphatic rings. The lowest BCUT2D eigenvalue weighted by molar-refractivity contribution is -0.264. The molecular weight excluding hydrogens is 315 g/mol. The molecular formula is C16H17ClF3NO. The van der Waals surface area contributed by atoms with Gasteiger partial charge in [-0.25, -0.2) is 0 Å². The maximum absolute atomic E-state index is 13.2. The van der Waals surface area contributed by atoms with Gasteiger partial charge in [0.1, 0.15) is 0 Å². The minimum Gasteiger partial charge on any atom is -0.375 e. The zero-order valence-corrected chi connectivity index (χ0v) is 12.5. The second-order valence-corrected chi connectivity index (χ2v) is 4.81. The Morgan fingerprint density at radius 3 is 1.86 bits per heavy atom. The Labute approximate surface area is 133 Å². The van der Waals surface area contributed by atoms with Crippen molar-refractivity contribution in [2.45, 2.75) is 18.3 Å². The van der Waals surface area contributed by atoms with E-state index in [9.17, 15) is 18.3 Å². The molecule has 2 aromatic rings. The van der Waals surface area contributed by atoms with Gasteiger partial charge in [0.2, 0.25) is 0 Å². The smallest absolute Gasteiger partial charge is 0.375 e. The van der Waals surface area contributed by atoms with Crippen LogP contribution in [-0.4, -0.2) is 17.8 Å². The molecule has 120 valence electrons. The van der Waals surface area contributed by atoms with Gasteiger partial charge in [0.25, 0.3) is 0 Å². The van der Waals surface area contributed by atoms with Gasteiger partial charge in [-0.05, 0) is 11.1 Å². The average Bonchev–Trinajstić information content (AvgIpc) is 2.48. The number of nitrogens with one attached hydrogen (secondary N) is 1. The van der Waals surface area contributed by atoms with Crippen LogP contribution in [0.15, 0.2) is 60.7 Å². The molecule has 0 aromatic heterocycles. The maximum atomic E-state index is 13.2. The van der Waals surface area contributed by atoms with Crippen LogP contribution in [-0.2, 0) is 12.1 Å². The van der Waals surface area contributed by atoms with Crippen molar-refractivity contribution in [1.29, 1.82) is 0 Å². The summed E-state index contributed by atoms with van der Waals surface area (Å²) in [6.45, 7) is -0.346. The van der Waals surface area contributed by atoms with Gasteiger partial charge in [-0.3, -0.25) is 0 Å². The van der Waals surface area contributed by atoms with E-state index in [-0.39, 0.29) is 24.5 Å².